The Hall–Kier alpha value is -1.59. The van der Waals surface area contributed by atoms with Crippen molar-refractivity contribution in [1.82, 2.24) is 0 Å². The molecule has 0 radical (unpaired) electrons. The molecule has 0 rings (SSSR count). The molecule has 350 valence electrons. The molecular formula is C53H102O6. The van der Waals surface area contributed by atoms with E-state index >= 15 is 0 Å². The molecule has 0 bridgehead atoms. The van der Waals surface area contributed by atoms with Gasteiger partial charge in [-0.3, -0.25) is 14.4 Å². The first-order valence-corrected chi connectivity index (χ1v) is 26.5. The molecule has 0 aromatic carbocycles. The monoisotopic (exact) mass is 835 g/mol. The second-order valence-corrected chi connectivity index (χ2v) is 18.2. The third kappa shape index (κ3) is 47.3. The maximum absolute atomic E-state index is 12.8. The van der Waals surface area contributed by atoms with Gasteiger partial charge in [-0.05, 0) is 19.3 Å². The van der Waals surface area contributed by atoms with Crippen molar-refractivity contribution in [3.63, 3.8) is 0 Å². The molecule has 1 atom stereocenters. The van der Waals surface area contributed by atoms with E-state index in [1.54, 1.807) is 0 Å². The van der Waals surface area contributed by atoms with E-state index in [0.29, 0.717) is 19.3 Å². The summed E-state index contributed by atoms with van der Waals surface area (Å²) in [4.78, 5) is 37.8. The van der Waals surface area contributed by atoms with Crippen LogP contribution in [0.2, 0.25) is 0 Å². The lowest BCUT2D eigenvalue weighted by molar-refractivity contribution is -0.167. The Morgan fingerprint density at radius 2 is 0.458 bits per heavy atom. The Kier molecular flexibility index (Phi) is 47.7. The zero-order valence-electron chi connectivity index (χ0n) is 40.1. The smallest absolute Gasteiger partial charge is 0.306 e. The molecule has 0 aliphatic rings. The quantitative estimate of drug-likeness (QED) is 0.0345. The number of hydrogen-bond acceptors (Lipinski definition) is 6. The average molecular weight is 835 g/mol. The molecule has 0 aliphatic carbocycles. The summed E-state index contributed by atoms with van der Waals surface area (Å²) in [5.74, 6) is -0.845. The van der Waals surface area contributed by atoms with Gasteiger partial charge in [-0.15, -0.1) is 0 Å². The van der Waals surface area contributed by atoms with E-state index in [9.17, 15) is 14.4 Å². The molecule has 0 heterocycles. The van der Waals surface area contributed by atoms with Gasteiger partial charge >= 0.3 is 17.9 Å². The molecule has 0 aromatic heterocycles. The molecule has 0 aliphatic heterocycles. The number of carbonyl (C=O) groups excluding carboxylic acids is 3. The van der Waals surface area contributed by atoms with E-state index in [1.807, 2.05) is 0 Å². The minimum absolute atomic E-state index is 0.0620. The number of ether oxygens (including phenoxy) is 3. The number of carbonyl (C=O) groups is 3. The number of hydrogen-bond donors (Lipinski definition) is 0. The molecule has 59 heavy (non-hydrogen) atoms. The van der Waals surface area contributed by atoms with Gasteiger partial charge in [0, 0.05) is 19.3 Å². The minimum atomic E-state index is -0.759. The molecule has 6 heteroatoms. The van der Waals surface area contributed by atoms with E-state index < -0.39 is 6.10 Å². The Labute approximate surface area is 368 Å². The van der Waals surface area contributed by atoms with Crippen LogP contribution in [0.3, 0.4) is 0 Å². The SMILES string of the molecule is CCCCCCCCCCCCCCCCCCCCCC(=O)OCC(COC(=O)CCCCCCCCCC)OC(=O)CCCCCCCCCCCCCCCC. The van der Waals surface area contributed by atoms with Crippen molar-refractivity contribution in [2.75, 3.05) is 13.2 Å². The average Bonchev–Trinajstić information content (AvgIpc) is 3.23. The van der Waals surface area contributed by atoms with Crippen LogP contribution in [-0.4, -0.2) is 37.2 Å². The van der Waals surface area contributed by atoms with E-state index in [4.69, 9.17) is 14.2 Å². The Balaban J connectivity index is 4.18. The summed E-state index contributed by atoms with van der Waals surface area (Å²) >= 11 is 0. The van der Waals surface area contributed by atoms with Gasteiger partial charge < -0.3 is 14.2 Å². The van der Waals surface area contributed by atoms with Crippen molar-refractivity contribution >= 4 is 17.9 Å². The highest BCUT2D eigenvalue weighted by molar-refractivity contribution is 5.71. The van der Waals surface area contributed by atoms with Gasteiger partial charge in [-0.25, -0.2) is 0 Å². The van der Waals surface area contributed by atoms with Crippen LogP contribution >= 0.6 is 0 Å². The Bertz CT molecular complexity index is 874. The number of rotatable bonds is 49. The third-order valence-corrected chi connectivity index (χ3v) is 12.1. The first-order chi connectivity index (χ1) is 29.0. The number of esters is 3. The van der Waals surface area contributed by atoms with Crippen molar-refractivity contribution in [3.8, 4) is 0 Å². The normalized spacial score (nSPS) is 11.8. The summed E-state index contributed by atoms with van der Waals surface area (Å²) < 4.78 is 16.8. The third-order valence-electron chi connectivity index (χ3n) is 12.1. The van der Waals surface area contributed by atoms with Crippen molar-refractivity contribution in [3.05, 3.63) is 0 Å². The van der Waals surface area contributed by atoms with Crippen molar-refractivity contribution in [1.29, 1.82) is 0 Å². The highest BCUT2D eigenvalue weighted by Gasteiger charge is 2.19. The van der Waals surface area contributed by atoms with Crippen molar-refractivity contribution < 1.29 is 28.6 Å². The molecule has 0 fully saturated rings. The summed E-state index contributed by atoms with van der Waals surface area (Å²) in [5.41, 5.74) is 0. The van der Waals surface area contributed by atoms with Crippen LogP contribution in [-0.2, 0) is 28.6 Å². The molecule has 0 spiro atoms. The van der Waals surface area contributed by atoms with E-state index in [0.717, 1.165) is 57.8 Å². The van der Waals surface area contributed by atoms with Crippen LogP contribution in [0.4, 0.5) is 0 Å². The summed E-state index contributed by atoms with van der Waals surface area (Å²) in [6, 6.07) is 0. The summed E-state index contributed by atoms with van der Waals surface area (Å²) in [5, 5.41) is 0. The Morgan fingerprint density at radius 1 is 0.271 bits per heavy atom. The highest BCUT2D eigenvalue weighted by atomic mass is 16.6. The topological polar surface area (TPSA) is 78.9 Å². The maximum atomic E-state index is 12.8. The lowest BCUT2D eigenvalue weighted by Gasteiger charge is -2.18. The molecule has 0 N–H and O–H groups in total. The van der Waals surface area contributed by atoms with E-state index in [-0.39, 0.29) is 31.1 Å². The predicted molar refractivity (Wildman–Crippen MR) is 252 cm³/mol. The largest absolute Gasteiger partial charge is 0.462 e. The van der Waals surface area contributed by atoms with Crippen LogP contribution in [0.15, 0.2) is 0 Å². The molecule has 0 saturated heterocycles. The minimum Gasteiger partial charge on any atom is -0.462 e. The lowest BCUT2D eigenvalue weighted by atomic mass is 10.0. The fourth-order valence-corrected chi connectivity index (χ4v) is 8.09. The molecular weight excluding hydrogens is 733 g/mol. The van der Waals surface area contributed by atoms with Crippen molar-refractivity contribution in [2.24, 2.45) is 0 Å². The van der Waals surface area contributed by atoms with E-state index in [1.165, 1.54) is 205 Å². The first-order valence-electron chi connectivity index (χ1n) is 26.5. The summed E-state index contributed by atoms with van der Waals surface area (Å²) in [7, 11) is 0. The highest BCUT2D eigenvalue weighted by Crippen LogP contribution is 2.17. The molecule has 0 saturated carbocycles. The lowest BCUT2D eigenvalue weighted by Crippen LogP contribution is -2.30. The van der Waals surface area contributed by atoms with Crippen LogP contribution in [0.1, 0.15) is 303 Å². The second-order valence-electron chi connectivity index (χ2n) is 18.2. The zero-order valence-corrected chi connectivity index (χ0v) is 40.1. The summed E-state index contributed by atoms with van der Waals surface area (Å²) in [6.45, 7) is 6.66. The molecule has 0 aromatic rings. The van der Waals surface area contributed by atoms with Gasteiger partial charge in [0.25, 0.3) is 0 Å². The van der Waals surface area contributed by atoms with Crippen LogP contribution in [0.5, 0.6) is 0 Å². The Morgan fingerprint density at radius 3 is 0.678 bits per heavy atom. The molecule has 6 nitrogen and oxygen atoms in total. The van der Waals surface area contributed by atoms with E-state index in [2.05, 4.69) is 20.8 Å². The fourth-order valence-electron chi connectivity index (χ4n) is 8.09. The van der Waals surface area contributed by atoms with Crippen LogP contribution in [0, 0.1) is 0 Å². The second kappa shape index (κ2) is 49.1. The van der Waals surface area contributed by atoms with Gasteiger partial charge in [0.2, 0.25) is 0 Å². The standard InChI is InChI=1S/C53H102O6/c1-4-7-10-13-16-19-21-23-25-26-27-28-29-31-32-34-37-40-43-46-52(55)58-49-50(48-57-51(54)45-42-39-36-18-15-12-9-6-3)59-53(56)47-44-41-38-35-33-30-24-22-20-17-14-11-8-5-2/h50H,4-49H2,1-3H3. The van der Waals surface area contributed by atoms with Gasteiger partial charge in [0.05, 0.1) is 0 Å². The van der Waals surface area contributed by atoms with Crippen LogP contribution in [0.25, 0.3) is 0 Å². The van der Waals surface area contributed by atoms with Gasteiger partial charge in [0.1, 0.15) is 13.2 Å². The summed E-state index contributed by atoms with van der Waals surface area (Å²) in [6.07, 6.45) is 52.4. The fraction of sp³-hybridized carbons (Fsp3) is 0.943. The van der Waals surface area contributed by atoms with Crippen LogP contribution < -0.4 is 0 Å². The zero-order chi connectivity index (χ0) is 43.0. The van der Waals surface area contributed by atoms with Gasteiger partial charge in [0.15, 0.2) is 6.10 Å². The predicted octanol–water partition coefficient (Wildman–Crippen LogP) is 17.2. The molecule has 0 amide bonds. The maximum Gasteiger partial charge on any atom is 0.306 e. The van der Waals surface area contributed by atoms with Gasteiger partial charge in [-0.2, -0.15) is 0 Å². The first kappa shape index (κ1) is 57.4. The van der Waals surface area contributed by atoms with Gasteiger partial charge in [-0.1, -0.05) is 265 Å². The molecule has 1 unspecified atom stereocenters. The number of unbranched alkanes of at least 4 members (excludes halogenated alkanes) is 38. The van der Waals surface area contributed by atoms with Crippen molar-refractivity contribution in [2.45, 2.75) is 309 Å².